The number of urea groups is 1. The Bertz CT molecular complexity index is 1070. The molecule has 0 radical (unpaired) electrons. The first-order chi connectivity index (χ1) is 14.9. The predicted octanol–water partition coefficient (Wildman–Crippen LogP) is 4.68. The molecular formula is C22H28N8O. The Morgan fingerprint density at radius 2 is 1.81 bits per heavy atom. The molecule has 4 rings (SSSR count). The minimum atomic E-state index is -0.154. The van der Waals surface area contributed by atoms with Crippen LogP contribution in [0.1, 0.15) is 42.6 Å². The number of hydrogen-bond acceptors (Lipinski definition) is 6. The Kier molecular flexibility index (Phi) is 6.01. The summed E-state index contributed by atoms with van der Waals surface area (Å²) >= 11 is 0. The van der Waals surface area contributed by atoms with Crippen molar-refractivity contribution in [3.8, 4) is 0 Å². The molecule has 0 unspecified atom stereocenters. The summed E-state index contributed by atoms with van der Waals surface area (Å²) in [7, 11) is 0. The zero-order valence-corrected chi connectivity index (χ0v) is 18.0. The highest BCUT2D eigenvalue weighted by atomic mass is 16.2. The number of anilines is 5. The minimum absolute atomic E-state index is 0.154. The van der Waals surface area contributed by atoms with E-state index in [2.05, 4.69) is 41.4 Å². The molecule has 1 aliphatic rings. The number of amides is 2. The number of carbonyl (C=O) groups is 1. The van der Waals surface area contributed by atoms with Crippen molar-refractivity contribution >= 4 is 35.0 Å². The number of hydrogen-bond donors (Lipinski definition) is 5. The third kappa shape index (κ3) is 5.50. The highest BCUT2D eigenvalue weighted by molar-refractivity contribution is 5.90. The molecule has 5 N–H and O–H groups in total. The second-order valence-corrected chi connectivity index (χ2v) is 8.00. The molecule has 3 aromatic rings. The number of aromatic nitrogens is 4. The molecule has 0 saturated heterocycles. The van der Waals surface area contributed by atoms with Gasteiger partial charge in [-0.25, -0.2) is 9.78 Å². The normalized spacial score (nSPS) is 13.8. The van der Waals surface area contributed by atoms with E-state index in [4.69, 9.17) is 0 Å². The summed E-state index contributed by atoms with van der Waals surface area (Å²) in [6.07, 6.45) is 4.49. The van der Waals surface area contributed by atoms with Crippen LogP contribution in [-0.2, 0) is 0 Å². The monoisotopic (exact) mass is 420 g/mol. The van der Waals surface area contributed by atoms with Gasteiger partial charge in [0.1, 0.15) is 11.6 Å². The number of aryl methyl sites for hydroxylation is 3. The van der Waals surface area contributed by atoms with Gasteiger partial charge < -0.3 is 21.3 Å². The fourth-order valence-electron chi connectivity index (χ4n) is 3.74. The summed E-state index contributed by atoms with van der Waals surface area (Å²) < 4.78 is 0. The zero-order valence-electron chi connectivity index (χ0n) is 18.0. The predicted molar refractivity (Wildman–Crippen MR) is 122 cm³/mol. The Morgan fingerprint density at radius 1 is 1.00 bits per heavy atom. The lowest BCUT2D eigenvalue weighted by Gasteiger charge is -2.15. The van der Waals surface area contributed by atoms with Crippen LogP contribution in [-0.4, -0.2) is 32.2 Å². The van der Waals surface area contributed by atoms with Crippen LogP contribution in [0.4, 0.5) is 33.8 Å². The van der Waals surface area contributed by atoms with E-state index in [1.807, 2.05) is 51.1 Å². The number of nitrogens with one attached hydrogen (secondary N) is 5. The molecule has 9 nitrogen and oxygen atoms in total. The van der Waals surface area contributed by atoms with Gasteiger partial charge in [0.05, 0.1) is 5.69 Å². The summed E-state index contributed by atoms with van der Waals surface area (Å²) in [5.41, 5.74) is 4.32. The first-order valence-corrected chi connectivity index (χ1v) is 10.5. The molecule has 31 heavy (non-hydrogen) atoms. The van der Waals surface area contributed by atoms with Crippen LogP contribution >= 0.6 is 0 Å². The first kappa shape index (κ1) is 20.6. The third-order valence-electron chi connectivity index (χ3n) is 5.24. The minimum Gasteiger partial charge on any atom is -0.335 e. The lowest BCUT2D eigenvalue weighted by atomic mass is 10.2. The molecule has 2 aromatic heterocycles. The smallest absolute Gasteiger partial charge is 0.319 e. The number of aromatic amines is 1. The Hall–Kier alpha value is -3.62. The van der Waals surface area contributed by atoms with Crippen molar-refractivity contribution in [2.75, 3.05) is 16.0 Å². The molecule has 2 heterocycles. The summed E-state index contributed by atoms with van der Waals surface area (Å²) in [4.78, 5) is 21.2. The number of nitrogens with zero attached hydrogens (tertiary/aromatic N) is 3. The number of rotatable bonds is 6. The van der Waals surface area contributed by atoms with Crippen molar-refractivity contribution in [3.05, 3.63) is 47.3 Å². The van der Waals surface area contributed by atoms with Crippen LogP contribution < -0.4 is 21.3 Å². The quantitative estimate of drug-likeness (QED) is 0.395. The molecule has 1 saturated carbocycles. The molecule has 1 fully saturated rings. The van der Waals surface area contributed by atoms with E-state index in [9.17, 15) is 4.79 Å². The van der Waals surface area contributed by atoms with Crippen molar-refractivity contribution in [2.45, 2.75) is 52.5 Å². The van der Waals surface area contributed by atoms with Crippen molar-refractivity contribution < 1.29 is 4.79 Å². The fraction of sp³-hybridized carbons (Fsp3) is 0.364. The molecular weight excluding hydrogens is 392 g/mol. The maximum Gasteiger partial charge on any atom is 0.319 e. The van der Waals surface area contributed by atoms with Gasteiger partial charge in [0.25, 0.3) is 0 Å². The maximum absolute atomic E-state index is 12.2. The van der Waals surface area contributed by atoms with Crippen LogP contribution in [0.15, 0.2) is 30.3 Å². The van der Waals surface area contributed by atoms with E-state index in [1.165, 1.54) is 12.8 Å². The van der Waals surface area contributed by atoms with Gasteiger partial charge in [-0.05, 0) is 57.4 Å². The van der Waals surface area contributed by atoms with Crippen LogP contribution in [0, 0.1) is 20.8 Å². The number of carbonyl (C=O) groups excluding carboxylic acids is 1. The SMILES string of the molecule is Cc1cc(Nc2cc(C)nc(Nc3ccc(NC(=O)NC4CCCC4)cc3C)n2)[nH]n1. The van der Waals surface area contributed by atoms with Gasteiger partial charge in [0, 0.05) is 35.2 Å². The first-order valence-electron chi connectivity index (χ1n) is 10.5. The van der Waals surface area contributed by atoms with Gasteiger partial charge in [0.15, 0.2) is 0 Å². The summed E-state index contributed by atoms with van der Waals surface area (Å²) in [6, 6.07) is 9.61. The van der Waals surface area contributed by atoms with E-state index in [0.717, 1.165) is 47.0 Å². The number of H-pyrrole nitrogens is 1. The summed E-state index contributed by atoms with van der Waals surface area (Å²) in [5.74, 6) is 1.92. The highest BCUT2D eigenvalue weighted by Crippen LogP contribution is 2.24. The van der Waals surface area contributed by atoms with E-state index in [1.54, 1.807) is 0 Å². The second kappa shape index (κ2) is 9.03. The second-order valence-electron chi connectivity index (χ2n) is 8.00. The molecule has 1 aliphatic carbocycles. The van der Waals surface area contributed by atoms with Crippen LogP contribution in [0.2, 0.25) is 0 Å². The Balaban J connectivity index is 1.42. The van der Waals surface area contributed by atoms with E-state index in [0.29, 0.717) is 11.8 Å². The molecule has 0 spiro atoms. The molecule has 2 amide bonds. The van der Waals surface area contributed by atoms with Crippen LogP contribution in [0.5, 0.6) is 0 Å². The van der Waals surface area contributed by atoms with E-state index < -0.39 is 0 Å². The molecule has 9 heteroatoms. The number of benzene rings is 1. The topological polar surface area (TPSA) is 120 Å². The fourth-order valence-corrected chi connectivity index (χ4v) is 3.74. The van der Waals surface area contributed by atoms with Crippen molar-refractivity contribution in [2.24, 2.45) is 0 Å². The summed E-state index contributed by atoms with van der Waals surface area (Å²) in [5, 5.41) is 19.5. The Labute approximate surface area is 181 Å². The average molecular weight is 421 g/mol. The largest absolute Gasteiger partial charge is 0.335 e. The van der Waals surface area contributed by atoms with Crippen LogP contribution in [0.25, 0.3) is 0 Å². The lowest BCUT2D eigenvalue weighted by Crippen LogP contribution is -2.36. The van der Waals surface area contributed by atoms with Gasteiger partial charge in [-0.3, -0.25) is 5.10 Å². The zero-order chi connectivity index (χ0) is 21.8. The summed E-state index contributed by atoms with van der Waals surface area (Å²) in [6.45, 7) is 5.81. The Morgan fingerprint density at radius 3 is 2.52 bits per heavy atom. The van der Waals surface area contributed by atoms with Gasteiger partial charge in [0.2, 0.25) is 5.95 Å². The molecule has 0 bridgehead atoms. The maximum atomic E-state index is 12.2. The average Bonchev–Trinajstić information content (AvgIpc) is 3.35. The van der Waals surface area contributed by atoms with Gasteiger partial charge >= 0.3 is 6.03 Å². The van der Waals surface area contributed by atoms with Crippen molar-refractivity contribution in [1.82, 2.24) is 25.5 Å². The van der Waals surface area contributed by atoms with Gasteiger partial charge in [-0.2, -0.15) is 10.1 Å². The highest BCUT2D eigenvalue weighted by Gasteiger charge is 2.17. The third-order valence-corrected chi connectivity index (χ3v) is 5.24. The molecule has 0 aliphatic heterocycles. The van der Waals surface area contributed by atoms with Crippen molar-refractivity contribution in [3.63, 3.8) is 0 Å². The van der Waals surface area contributed by atoms with Gasteiger partial charge in [-0.15, -0.1) is 0 Å². The van der Waals surface area contributed by atoms with Gasteiger partial charge in [-0.1, -0.05) is 12.8 Å². The van der Waals surface area contributed by atoms with E-state index >= 15 is 0 Å². The standard InChI is InChI=1S/C22H28N8O/c1-13-10-17(25-22(31)24-16-6-4-5-7-16)8-9-18(13)26-21-23-14(2)11-19(28-21)27-20-12-15(3)29-30-20/h8-12,16H,4-7H2,1-3H3,(H2,24,25,31)(H3,23,26,27,28,29,30). The molecule has 162 valence electrons. The van der Waals surface area contributed by atoms with Crippen molar-refractivity contribution in [1.29, 1.82) is 0 Å². The molecule has 1 aromatic carbocycles. The van der Waals surface area contributed by atoms with Crippen LogP contribution in [0.3, 0.4) is 0 Å². The molecule has 0 atom stereocenters. The lowest BCUT2D eigenvalue weighted by molar-refractivity contribution is 0.248. The van der Waals surface area contributed by atoms with E-state index in [-0.39, 0.29) is 12.1 Å².